The molecule has 1 aliphatic heterocycles. The number of anilines is 1. The number of nitrogens with zero attached hydrogens (tertiary/aromatic N) is 1. The number of halogens is 2. The van der Waals surface area contributed by atoms with Crippen molar-refractivity contribution in [2.45, 2.75) is 20.4 Å². The summed E-state index contributed by atoms with van der Waals surface area (Å²) >= 11 is 6.38. The van der Waals surface area contributed by atoms with Gasteiger partial charge in [0.25, 0.3) is 0 Å². The van der Waals surface area contributed by atoms with E-state index in [1.807, 2.05) is 11.8 Å². The molecule has 3 aromatic rings. The van der Waals surface area contributed by atoms with Crippen LogP contribution in [0, 0.1) is 19.7 Å². The normalized spacial score (nSPS) is 13.7. The van der Waals surface area contributed by atoms with Crippen molar-refractivity contribution in [1.82, 2.24) is 0 Å². The molecule has 2 aromatic carbocycles. The Balaban J connectivity index is 1.91. The molecule has 25 heavy (non-hydrogen) atoms. The van der Waals surface area contributed by atoms with Crippen LogP contribution in [0.3, 0.4) is 0 Å². The molecule has 0 amide bonds. The van der Waals surface area contributed by atoms with Crippen LogP contribution in [-0.4, -0.2) is 6.73 Å². The van der Waals surface area contributed by atoms with Crippen molar-refractivity contribution in [2.75, 3.05) is 11.6 Å². The summed E-state index contributed by atoms with van der Waals surface area (Å²) in [6.45, 7) is 4.23. The van der Waals surface area contributed by atoms with Gasteiger partial charge in [-0.05, 0) is 43.7 Å². The second-order valence-corrected chi connectivity index (χ2v) is 6.54. The Kier molecular flexibility index (Phi) is 3.69. The average molecular weight is 360 g/mol. The van der Waals surface area contributed by atoms with Gasteiger partial charge >= 0.3 is 5.63 Å². The SMILES string of the molecule is Cc1c(C)c2cc(Cl)c3c(c2oc1=O)CN(c1cccc(F)c1)CO3. The maximum absolute atomic E-state index is 13.5. The maximum Gasteiger partial charge on any atom is 0.339 e. The standard InChI is InChI=1S/C19H15ClFNO3/c1-10-11(2)19(23)25-17-14(10)7-16(20)18-15(17)8-22(9-24-18)13-5-3-4-12(21)6-13/h3-7H,8-9H2,1-2H3. The average Bonchev–Trinajstić information content (AvgIpc) is 2.61. The Bertz CT molecular complexity index is 1060. The first-order chi connectivity index (χ1) is 12.0. The molecule has 4 rings (SSSR count). The molecule has 1 aliphatic rings. The molecule has 2 heterocycles. The predicted octanol–water partition coefficient (Wildman–Crippen LogP) is 4.56. The number of aryl methyl sites for hydroxylation is 1. The highest BCUT2D eigenvalue weighted by Gasteiger charge is 2.25. The molecule has 0 fully saturated rings. The summed E-state index contributed by atoms with van der Waals surface area (Å²) in [4.78, 5) is 14.0. The minimum absolute atomic E-state index is 0.233. The van der Waals surface area contributed by atoms with Crippen LogP contribution < -0.4 is 15.3 Å². The lowest BCUT2D eigenvalue weighted by molar-refractivity contribution is 0.289. The van der Waals surface area contributed by atoms with E-state index in [2.05, 4.69) is 0 Å². The molecule has 0 radical (unpaired) electrons. The van der Waals surface area contributed by atoms with E-state index in [-0.39, 0.29) is 18.2 Å². The smallest absolute Gasteiger partial charge is 0.339 e. The molecule has 128 valence electrons. The molecule has 0 unspecified atom stereocenters. The quantitative estimate of drug-likeness (QED) is 0.597. The zero-order valence-corrected chi connectivity index (χ0v) is 14.5. The minimum Gasteiger partial charge on any atom is -0.471 e. The number of hydrogen-bond donors (Lipinski definition) is 0. The zero-order chi connectivity index (χ0) is 17.7. The third-order valence-corrected chi connectivity index (χ3v) is 4.92. The Morgan fingerprint density at radius 1 is 1.20 bits per heavy atom. The van der Waals surface area contributed by atoms with Gasteiger partial charge in [-0.3, -0.25) is 0 Å². The predicted molar refractivity (Wildman–Crippen MR) is 95.0 cm³/mol. The maximum atomic E-state index is 13.5. The number of fused-ring (bicyclic) bond motifs is 3. The molecule has 1 aromatic heterocycles. The summed E-state index contributed by atoms with van der Waals surface area (Å²) in [7, 11) is 0. The van der Waals surface area contributed by atoms with Crippen molar-refractivity contribution in [1.29, 1.82) is 0 Å². The second-order valence-electron chi connectivity index (χ2n) is 6.13. The largest absolute Gasteiger partial charge is 0.471 e. The molecule has 0 N–H and O–H groups in total. The van der Waals surface area contributed by atoms with Gasteiger partial charge in [0.2, 0.25) is 0 Å². The molecule has 6 heteroatoms. The van der Waals surface area contributed by atoms with Gasteiger partial charge in [0.05, 0.1) is 17.1 Å². The highest BCUT2D eigenvalue weighted by atomic mass is 35.5. The molecular formula is C19H15ClFNO3. The first-order valence-electron chi connectivity index (χ1n) is 7.84. The molecule has 0 bridgehead atoms. The second kappa shape index (κ2) is 5.77. The highest BCUT2D eigenvalue weighted by molar-refractivity contribution is 6.33. The Hall–Kier alpha value is -2.53. The lowest BCUT2D eigenvalue weighted by atomic mass is 10.0. The summed E-state index contributed by atoms with van der Waals surface area (Å²) < 4.78 is 24.9. The molecule has 0 aliphatic carbocycles. The van der Waals surface area contributed by atoms with Gasteiger partial charge in [-0.2, -0.15) is 0 Å². The van der Waals surface area contributed by atoms with E-state index in [4.69, 9.17) is 20.8 Å². The van der Waals surface area contributed by atoms with Crippen molar-refractivity contribution in [2.24, 2.45) is 0 Å². The van der Waals surface area contributed by atoms with Crippen LogP contribution in [-0.2, 0) is 6.54 Å². The van der Waals surface area contributed by atoms with E-state index >= 15 is 0 Å². The van der Waals surface area contributed by atoms with Gasteiger partial charge in [-0.15, -0.1) is 0 Å². The number of benzene rings is 2. The van der Waals surface area contributed by atoms with E-state index in [9.17, 15) is 9.18 Å². The van der Waals surface area contributed by atoms with Crippen LogP contribution in [0.25, 0.3) is 11.0 Å². The highest BCUT2D eigenvalue weighted by Crippen LogP contribution is 2.40. The fourth-order valence-corrected chi connectivity index (χ4v) is 3.38. The van der Waals surface area contributed by atoms with Crippen LogP contribution in [0.15, 0.2) is 39.5 Å². The topological polar surface area (TPSA) is 42.7 Å². The molecular weight excluding hydrogens is 345 g/mol. The van der Waals surface area contributed by atoms with E-state index in [1.165, 1.54) is 12.1 Å². The third-order valence-electron chi connectivity index (χ3n) is 4.64. The van der Waals surface area contributed by atoms with Gasteiger partial charge in [-0.25, -0.2) is 9.18 Å². The Morgan fingerprint density at radius 2 is 2.00 bits per heavy atom. The first-order valence-corrected chi connectivity index (χ1v) is 8.22. The van der Waals surface area contributed by atoms with Gasteiger partial charge in [0, 0.05) is 16.6 Å². The van der Waals surface area contributed by atoms with Gasteiger partial charge < -0.3 is 14.1 Å². The van der Waals surface area contributed by atoms with E-state index in [1.54, 1.807) is 25.1 Å². The summed E-state index contributed by atoms with van der Waals surface area (Å²) in [5.74, 6) is 0.186. The monoisotopic (exact) mass is 359 g/mol. The number of rotatable bonds is 1. The number of ether oxygens (including phenoxy) is 1. The van der Waals surface area contributed by atoms with E-state index in [0.717, 1.165) is 10.9 Å². The van der Waals surface area contributed by atoms with Crippen LogP contribution in [0.2, 0.25) is 5.02 Å². The van der Waals surface area contributed by atoms with Crippen LogP contribution in [0.1, 0.15) is 16.7 Å². The summed E-state index contributed by atoms with van der Waals surface area (Å²) in [5, 5.41) is 1.25. The van der Waals surface area contributed by atoms with Crippen molar-refractivity contribution in [3.05, 3.63) is 68.3 Å². The zero-order valence-electron chi connectivity index (χ0n) is 13.7. The van der Waals surface area contributed by atoms with Crippen molar-refractivity contribution >= 4 is 28.3 Å². The minimum atomic E-state index is -0.377. The lowest BCUT2D eigenvalue weighted by Gasteiger charge is -2.31. The van der Waals surface area contributed by atoms with E-state index < -0.39 is 0 Å². The molecule has 0 spiro atoms. The fraction of sp³-hybridized carbons (Fsp3) is 0.211. The van der Waals surface area contributed by atoms with Crippen molar-refractivity contribution in [3.8, 4) is 5.75 Å². The Morgan fingerprint density at radius 3 is 2.76 bits per heavy atom. The third kappa shape index (κ3) is 2.55. The molecule has 0 saturated carbocycles. The van der Waals surface area contributed by atoms with Gasteiger partial charge in [0.1, 0.15) is 17.1 Å². The summed E-state index contributed by atoms with van der Waals surface area (Å²) in [6.07, 6.45) is 0. The number of hydrogen-bond acceptors (Lipinski definition) is 4. The summed E-state index contributed by atoms with van der Waals surface area (Å²) in [5.41, 5.74) is 2.86. The van der Waals surface area contributed by atoms with Gasteiger partial charge in [0.15, 0.2) is 6.73 Å². The summed E-state index contributed by atoms with van der Waals surface area (Å²) in [6, 6.07) is 8.03. The van der Waals surface area contributed by atoms with Crippen LogP contribution >= 0.6 is 11.6 Å². The van der Waals surface area contributed by atoms with Crippen LogP contribution in [0.5, 0.6) is 5.75 Å². The lowest BCUT2D eigenvalue weighted by Crippen LogP contribution is -2.32. The molecule has 4 nitrogen and oxygen atoms in total. The molecule has 0 atom stereocenters. The van der Waals surface area contributed by atoms with Crippen molar-refractivity contribution in [3.63, 3.8) is 0 Å². The fourth-order valence-electron chi connectivity index (χ4n) is 3.10. The van der Waals surface area contributed by atoms with Crippen LogP contribution in [0.4, 0.5) is 10.1 Å². The van der Waals surface area contributed by atoms with Gasteiger partial charge in [-0.1, -0.05) is 17.7 Å². The van der Waals surface area contributed by atoms with E-state index in [0.29, 0.717) is 39.7 Å². The van der Waals surface area contributed by atoms with Crippen molar-refractivity contribution < 1.29 is 13.5 Å². The Labute approximate surface area is 148 Å². The molecule has 0 saturated heterocycles. The first kappa shape index (κ1) is 16.0.